The van der Waals surface area contributed by atoms with Crippen LogP contribution in [0.25, 0.3) is 6.08 Å². The van der Waals surface area contributed by atoms with Gasteiger partial charge in [-0.05, 0) is 78.5 Å². The molecule has 1 N–H and O–H groups in total. The SMILES string of the molecule is CCC/C=C1/CC[C@H]2[C@@H]3C=Cc4cc(O)ccc4[C@H]3CC[C@]12C. The smallest absolute Gasteiger partial charge is 0.116 e. The highest BCUT2D eigenvalue weighted by atomic mass is 16.3. The van der Waals surface area contributed by atoms with Gasteiger partial charge in [0, 0.05) is 0 Å². The van der Waals surface area contributed by atoms with E-state index in [1.807, 2.05) is 12.1 Å². The third-order valence-electron chi connectivity index (χ3n) is 6.83. The molecule has 0 aliphatic heterocycles. The summed E-state index contributed by atoms with van der Waals surface area (Å²) >= 11 is 0. The van der Waals surface area contributed by atoms with Gasteiger partial charge in [0.05, 0.1) is 0 Å². The number of hydrogen-bond acceptors (Lipinski definition) is 1. The van der Waals surface area contributed by atoms with Crippen LogP contribution in [0, 0.1) is 17.3 Å². The van der Waals surface area contributed by atoms with Crippen LogP contribution in [0.4, 0.5) is 0 Å². The maximum Gasteiger partial charge on any atom is 0.116 e. The van der Waals surface area contributed by atoms with Gasteiger partial charge in [-0.2, -0.15) is 0 Å². The molecule has 2 fully saturated rings. The topological polar surface area (TPSA) is 20.2 Å². The Bertz CT molecular complexity index is 669. The summed E-state index contributed by atoms with van der Waals surface area (Å²) in [5.74, 6) is 2.51. The molecule has 0 saturated heterocycles. The standard InChI is InChI=1S/C22H28O/c1-3-4-5-16-7-11-21-20-9-6-15-14-17(23)8-10-18(15)19(20)12-13-22(16,21)2/h5-6,8-10,14,19-21,23H,3-4,7,11-13H2,1-2H3/b16-5-/t19-,20-,21+,22-/m1/s1. The Morgan fingerprint density at radius 1 is 1.30 bits per heavy atom. The molecule has 0 unspecified atom stereocenters. The summed E-state index contributed by atoms with van der Waals surface area (Å²) in [7, 11) is 0. The lowest BCUT2D eigenvalue weighted by Gasteiger charge is -2.47. The van der Waals surface area contributed by atoms with E-state index >= 15 is 0 Å². The first kappa shape index (κ1) is 15.1. The van der Waals surface area contributed by atoms with Gasteiger partial charge in [0.1, 0.15) is 5.75 Å². The monoisotopic (exact) mass is 308 g/mol. The first-order valence-corrected chi connectivity index (χ1v) is 9.34. The van der Waals surface area contributed by atoms with Crippen LogP contribution in [0.15, 0.2) is 35.9 Å². The predicted octanol–water partition coefficient (Wildman–Crippen LogP) is 6.06. The molecule has 1 aromatic rings. The van der Waals surface area contributed by atoms with Crippen molar-refractivity contribution >= 4 is 6.08 Å². The highest BCUT2D eigenvalue weighted by Crippen LogP contribution is 2.62. The quantitative estimate of drug-likeness (QED) is 0.659. The van der Waals surface area contributed by atoms with Gasteiger partial charge >= 0.3 is 0 Å². The molecule has 0 amide bonds. The number of aromatic hydroxyl groups is 1. The van der Waals surface area contributed by atoms with E-state index in [0.29, 0.717) is 23.0 Å². The molecule has 3 aliphatic carbocycles. The van der Waals surface area contributed by atoms with Crippen molar-refractivity contribution in [3.63, 3.8) is 0 Å². The maximum absolute atomic E-state index is 9.75. The molecule has 1 nitrogen and oxygen atoms in total. The van der Waals surface area contributed by atoms with Gasteiger partial charge in [-0.3, -0.25) is 0 Å². The lowest BCUT2D eigenvalue weighted by atomic mass is 9.56. The summed E-state index contributed by atoms with van der Waals surface area (Å²) in [5, 5.41) is 9.75. The van der Waals surface area contributed by atoms with E-state index in [4.69, 9.17) is 0 Å². The highest BCUT2D eigenvalue weighted by molar-refractivity contribution is 5.61. The molecule has 1 aromatic carbocycles. The third-order valence-corrected chi connectivity index (χ3v) is 6.83. The van der Waals surface area contributed by atoms with Crippen LogP contribution >= 0.6 is 0 Å². The van der Waals surface area contributed by atoms with Crippen LogP contribution in [0.1, 0.15) is 69.4 Å². The third kappa shape index (κ3) is 2.28. The maximum atomic E-state index is 9.75. The Hall–Kier alpha value is -1.50. The molecule has 4 atom stereocenters. The lowest BCUT2D eigenvalue weighted by molar-refractivity contribution is 0.121. The number of allylic oxidation sites excluding steroid dienone is 3. The molecular weight excluding hydrogens is 280 g/mol. The second-order valence-corrected chi connectivity index (χ2v) is 7.98. The number of phenols is 1. The summed E-state index contributed by atoms with van der Waals surface area (Å²) in [5.41, 5.74) is 4.86. The van der Waals surface area contributed by atoms with Gasteiger partial charge in [-0.1, -0.05) is 50.1 Å². The van der Waals surface area contributed by atoms with Crippen molar-refractivity contribution in [2.24, 2.45) is 17.3 Å². The molecular formula is C22H28O. The van der Waals surface area contributed by atoms with Crippen LogP contribution in [-0.4, -0.2) is 5.11 Å². The summed E-state index contributed by atoms with van der Waals surface area (Å²) in [4.78, 5) is 0. The van der Waals surface area contributed by atoms with Crippen LogP contribution < -0.4 is 0 Å². The van der Waals surface area contributed by atoms with Crippen molar-refractivity contribution in [3.05, 3.63) is 47.1 Å². The zero-order chi connectivity index (χ0) is 16.0. The molecule has 0 spiro atoms. The largest absolute Gasteiger partial charge is 0.508 e. The van der Waals surface area contributed by atoms with Gasteiger partial charge in [0.2, 0.25) is 0 Å². The molecule has 0 radical (unpaired) electrons. The predicted molar refractivity (Wildman–Crippen MR) is 96.4 cm³/mol. The van der Waals surface area contributed by atoms with E-state index in [2.05, 4.69) is 38.1 Å². The van der Waals surface area contributed by atoms with E-state index < -0.39 is 0 Å². The van der Waals surface area contributed by atoms with E-state index in [1.54, 1.807) is 5.57 Å². The van der Waals surface area contributed by atoms with Gasteiger partial charge in [-0.15, -0.1) is 0 Å². The van der Waals surface area contributed by atoms with E-state index in [1.165, 1.54) is 49.7 Å². The minimum atomic E-state index is 0.387. The average molecular weight is 308 g/mol. The number of fused-ring (bicyclic) bond motifs is 5. The summed E-state index contributed by atoms with van der Waals surface area (Å²) in [6, 6.07) is 5.96. The van der Waals surface area contributed by atoms with Gasteiger partial charge in [-0.25, -0.2) is 0 Å². The molecule has 3 aliphatic rings. The van der Waals surface area contributed by atoms with Crippen LogP contribution in [0.5, 0.6) is 5.75 Å². The Labute approximate surface area is 140 Å². The number of rotatable bonds is 2. The summed E-state index contributed by atoms with van der Waals surface area (Å²) in [6.45, 7) is 4.81. The molecule has 0 bridgehead atoms. The van der Waals surface area contributed by atoms with Gasteiger partial charge < -0.3 is 5.11 Å². The first-order chi connectivity index (χ1) is 11.1. The van der Waals surface area contributed by atoms with Crippen molar-refractivity contribution < 1.29 is 5.11 Å². The molecule has 0 heterocycles. The fourth-order valence-electron chi connectivity index (χ4n) is 5.59. The minimum absolute atomic E-state index is 0.387. The number of unbranched alkanes of at least 4 members (excludes halogenated alkanes) is 1. The lowest BCUT2D eigenvalue weighted by Crippen LogP contribution is -2.38. The Morgan fingerprint density at radius 2 is 2.17 bits per heavy atom. The van der Waals surface area contributed by atoms with Crippen LogP contribution in [0.3, 0.4) is 0 Å². The van der Waals surface area contributed by atoms with Crippen molar-refractivity contribution in [1.82, 2.24) is 0 Å². The minimum Gasteiger partial charge on any atom is -0.508 e. The molecule has 2 saturated carbocycles. The second kappa shape index (κ2) is 5.54. The fourth-order valence-corrected chi connectivity index (χ4v) is 5.59. The summed E-state index contributed by atoms with van der Waals surface area (Å²) < 4.78 is 0. The zero-order valence-corrected chi connectivity index (χ0v) is 14.4. The highest BCUT2D eigenvalue weighted by Gasteiger charge is 2.51. The molecule has 23 heavy (non-hydrogen) atoms. The Kier molecular flexibility index (Phi) is 3.63. The Balaban J connectivity index is 1.67. The molecule has 122 valence electrons. The Morgan fingerprint density at radius 3 is 3.00 bits per heavy atom. The molecule has 1 heteroatoms. The van der Waals surface area contributed by atoms with Crippen LogP contribution in [0.2, 0.25) is 0 Å². The number of phenolic OH excluding ortho intramolecular Hbond substituents is 1. The normalized spacial score (nSPS) is 36.6. The number of benzene rings is 1. The van der Waals surface area contributed by atoms with Gasteiger partial charge in [0.15, 0.2) is 0 Å². The van der Waals surface area contributed by atoms with E-state index in [9.17, 15) is 5.11 Å². The van der Waals surface area contributed by atoms with Crippen LogP contribution in [-0.2, 0) is 0 Å². The number of hydrogen-bond donors (Lipinski definition) is 1. The van der Waals surface area contributed by atoms with E-state index in [0.717, 1.165) is 5.92 Å². The van der Waals surface area contributed by atoms with Gasteiger partial charge in [0.25, 0.3) is 0 Å². The molecule has 4 rings (SSSR count). The second-order valence-electron chi connectivity index (χ2n) is 7.98. The fraction of sp³-hybridized carbons (Fsp3) is 0.545. The van der Waals surface area contributed by atoms with Crippen molar-refractivity contribution in [2.75, 3.05) is 0 Å². The van der Waals surface area contributed by atoms with E-state index in [-0.39, 0.29) is 0 Å². The first-order valence-electron chi connectivity index (χ1n) is 9.34. The van der Waals surface area contributed by atoms with Crippen molar-refractivity contribution in [1.29, 1.82) is 0 Å². The summed E-state index contributed by atoms with van der Waals surface area (Å²) in [6.07, 6.45) is 15.0. The van der Waals surface area contributed by atoms with Crippen molar-refractivity contribution in [3.8, 4) is 5.75 Å². The average Bonchev–Trinajstić information content (AvgIpc) is 2.89. The molecule has 0 aromatic heterocycles. The van der Waals surface area contributed by atoms with Crippen molar-refractivity contribution in [2.45, 2.75) is 58.3 Å². The zero-order valence-electron chi connectivity index (χ0n) is 14.4.